The quantitative estimate of drug-likeness (QED) is 0.813. The number of benzene rings is 1. The zero-order valence-electron chi connectivity index (χ0n) is 9.88. The van der Waals surface area contributed by atoms with Crippen LogP contribution in [0.1, 0.15) is 22.8 Å². The van der Waals surface area contributed by atoms with Gasteiger partial charge in [0.15, 0.2) is 0 Å². The van der Waals surface area contributed by atoms with Gasteiger partial charge in [-0.1, -0.05) is 0 Å². The number of carbonyl (C=O) groups is 2. The Kier molecular flexibility index (Phi) is 4.74. The molecule has 0 saturated carbocycles. The molecule has 0 unspecified atom stereocenters. The fourth-order valence-corrected chi connectivity index (χ4v) is 1.16. The second-order valence-corrected chi connectivity index (χ2v) is 3.37. The van der Waals surface area contributed by atoms with Crippen LogP contribution in [0.25, 0.3) is 0 Å². The van der Waals surface area contributed by atoms with Crippen molar-refractivity contribution in [3.63, 3.8) is 0 Å². The van der Waals surface area contributed by atoms with E-state index in [0.717, 1.165) is 24.3 Å². The van der Waals surface area contributed by atoms with Gasteiger partial charge in [0, 0.05) is 5.56 Å². The lowest BCUT2D eigenvalue weighted by Gasteiger charge is -2.09. The first-order chi connectivity index (χ1) is 8.84. The number of hydrogen-bond donors (Lipinski definition) is 2. The standard InChI is InChI=1S/C11H11F3N2O3/c1-2-19-10(18)16-15-9(17)7-3-5-8(6-4-7)11(12,13)14/h3-6H,2H2,1H3,(H,15,17)(H,16,18). The summed E-state index contributed by atoms with van der Waals surface area (Å²) in [7, 11) is 0. The van der Waals surface area contributed by atoms with Crippen LogP contribution in [0, 0.1) is 0 Å². The van der Waals surface area contributed by atoms with Gasteiger partial charge in [0.05, 0.1) is 12.2 Å². The average Bonchev–Trinajstić information content (AvgIpc) is 2.35. The molecule has 0 fully saturated rings. The third-order valence-electron chi connectivity index (χ3n) is 2.03. The lowest BCUT2D eigenvalue weighted by Crippen LogP contribution is -2.41. The monoisotopic (exact) mass is 276 g/mol. The smallest absolute Gasteiger partial charge is 0.426 e. The van der Waals surface area contributed by atoms with Crippen LogP contribution in [-0.4, -0.2) is 18.6 Å². The van der Waals surface area contributed by atoms with Crippen molar-refractivity contribution in [3.8, 4) is 0 Å². The summed E-state index contributed by atoms with van der Waals surface area (Å²) < 4.78 is 41.3. The molecule has 0 spiro atoms. The first-order valence-electron chi connectivity index (χ1n) is 5.25. The van der Waals surface area contributed by atoms with Crippen molar-refractivity contribution in [2.75, 3.05) is 6.61 Å². The Morgan fingerprint density at radius 1 is 1.16 bits per heavy atom. The summed E-state index contributed by atoms with van der Waals surface area (Å²) in [6.07, 6.45) is -5.32. The SMILES string of the molecule is CCOC(=O)NNC(=O)c1ccc(C(F)(F)F)cc1. The van der Waals surface area contributed by atoms with E-state index in [0.29, 0.717) is 0 Å². The van der Waals surface area contributed by atoms with Gasteiger partial charge < -0.3 is 4.74 Å². The molecule has 1 aromatic carbocycles. The van der Waals surface area contributed by atoms with E-state index in [1.54, 1.807) is 6.92 Å². The van der Waals surface area contributed by atoms with Crippen molar-refractivity contribution >= 4 is 12.0 Å². The largest absolute Gasteiger partial charge is 0.449 e. The van der Waals surface area contributed by atoms with Gasteiger partial charge in [0.2, 0.25) is 0 Å². The van der Waals surface area contributed by atoms with Gasteiger partial charge >= 0.3 is 12.3 Å². The van der Waals surface area contributed by atoms with Crippen LogP contribution >= 0.6 is 0 Å². The van der Waals surface area contributed by atoms with Crippen molar-refractivity contribution in [1.82, 2.24) is 10.9 Å². The maximum Gasteiger partial charge on any atom is 0.426 e. The van der Waals surface area contributed by atoms with Crippen LogP contribution in [0.3, 0.4) is 0 Å². The Morgan fingerprint density at radius 2 is 1.74 bits per heavy atom. The molecule has 0 atom stereocenters. The third kappa shape index (κ3) is 4.49. The molecule has 5 nitrogen and oxygen atoms in total. The highest BCUT2D eigenvalue weighted by molar-refractivity contribution is 5.94. The van der Waals surface area contributed by atoms with Gasteiger partial charge in [0.1, 0.15) is 0 Å². The lowest BCUT2D eigenvalue weighted by molar-refractivity contribution is -0.137. The Balaban J connectivity index is 2.61. The van der Waals surface area contributed by atoms with Gasteiger partial charge in [-0.2, -0.15) is 13.2 Å². The third-order valence-corrected chi connectivity index (χ3v) is 2.03. The first kappa shape index (κ1) is 14.8. The number of hydrogen-bond acceptors (Lipinski definition) is 3. The number of carbonyl (C=O) groups excluding carboxylic acids is 2. The normalized spacial score (nSPS) is 10.7. The number of amides is 2. The van der Waals surface area contributed by atoms with Crippen molar-refractivity contribution < 1.29 is 27.5 Å². The van der Waals surface area contributed by atoms with Crippen LogP contribution < -0.4 is 10.9 Å². The highest BCUT2D eigenvalue weighted by Gasteiger charge is 2.30. The molecule has 104 valence electrons. The predicted molar refractivity (Wildman–Crippen MR) is 59.1 cm³/mol. The van der Waals surface area contributed by atoms with Gasteiger partial charge in [-0.05, 0) is 31.2 Å². The van der Waals surface area contributed by atoms with Crippen molar-refractivity contribution in [2.24, 2.45) is 0 Å². The molecule has 0 saturated heterocycles. The summed E-state index contributed by atoms with van der Waals surface area (Å²) in [6, 6.07) is 3.56. The number of ether oxygens (including phenoxy) is 1. The van der Waals surface area contributed by atoms with Crippen LogP contribution in [0.5, 0.6) is 0 Å². The lowest BCUT2D eigenvalue weighted by atomic mass is 10.1. The second-order valence-electron chi connectivity index (χ2n) is 3.37. The average molecular weight is 276 g/mol. The maximum absolute atomic E-state index is 12.3. The summed E-state index contributed by atoms with van der Waals surface area (Å²) in [5, 5.41) is 0. The minimum absolute atomic E-state index is 0.0233. The second kappa shape index (κ2) is 6.07. The molecule has 0 aromatic heterocycles. The zero-order valence-corrected chi connectivity index (χ0v) is 9.88. The summed E-state index contributed by atoms with van der Waals surface area (Å²) in [4.78, 5) is 22.3. The van der Waals surface area contributed by atoms with E-state index in [-0.39, 0.29) is 12.2 Å². The summed E-state index contributed by atoms with van der Waals surface area (Å²) in [5.74, 6) is -0.748. The Bertz CT molecular complexity index is 457. The van der Waals surface area contributed by atoms with E-state index in [4.69, 9.17) is 0 Å². The zero-order chi connectivity index (χ0) is 14.5. The molecule has 0 aliphatic heterocycles. The molecule has 0 aliphatic carbocycles. The molecule has 1 aromatic rings. The van der Waals surface area contributed by atoms with Crippen LogP contribution in [0.15, 0.2) is 24.3 Å². The maximum atomic E-state index is 12.3. The van der Waals surface area contributed by atoms with E-state index < -0.39 is 23.7 Å². The van der Waals surface area contributed by atoms with Gasteiger partial charge in [-0.25, -0.2) is 10.2 Å². The highest BCUT2D eigenvalue weighted by Crippen LogP contribution is 2.28. The van der Waals surface area contributed by atoms with E-state index in [1.807, 2.05) is 10.9 Å². The van der Waals surface area contributed by atoms with Crippen molar-refractivity contribution in [2.45, 2.75) is 13.1 Å². The number of nitrogens with one attached hydrogen (secondary N) is 2. The van der Waals surface area contributed by atoms with Crippen molar-refractivity contribution in [3.05, 3.63) is 35.4 Å². The Hall–Kier alpha value is -2.25. The molecule has 19 heavy (non-hydrogen) atoms. The molecule has 0 radical (unpaired) electrons. The summed E-state index contributed by atoms with van der Waals surface area (Å²) >= 11 is 0. The highest BCUT2D eigenvalue weighted by atomic mass is 19.4. The Labute approximate surface area is 106 Å². The van der Waals surface area contributed by atoms with Crippen molar-refractivity contribution in [1.29, 1.82) is 0 Å². The minimum Gasteiger partial charge on any atom is -0.449 e. The molecule has 2 amide bonds. The minimum atomic E-state index is -4.46. The number of halogens is 3. The number of rotatable bonds is 2. The molecule has 2 N–H and O–H groups in total. The van der Waals surface area contributed by atoms with Crippen LogP contribution in [0.4, 0.5) is 18.0 Å². The van der Waals surface area contributed by atoms with Gasteiger partial charge in [-0.15, -0.1) is 0 Å². The summed E-state index contributed by atoms with van der Waals surface area (Å²) in [6.45, 7) is 1.71. The fraction of sp³-hybridized carbons (Fsp3) is 0.273. The molecule has 0 aliphatic rings. The molecule has 8 heteroatoms. The van der Waals surface area contributed by atoms with Crippen LogP contribution in [0.2, 0.25) is 0 Å². The number of alkyl halides is 3. The topological polar surface area (TPSA) is 67.4 Å². The first-order valence-corrected chi connectivity index (χ1v) is 5.25. The fourth-order valence-electron chi connectivity index (χ4n) is 1.16. The van der Waals surface area contributed by atoms with E-state index >= 15 is 0 Å². The molecule has 1 rings (SSSR count). The van der Waals surface area contributed by atoms with E-state index in [2.05, 4.69) is 4.74 Å². The molecule has 0 heterocycles. The van der Waals surface area contributed by atoms with Gasteiger partial charge in [-0.3, -0.25) is 10.2 Å². The molecule has 0 bridgehead atoms. The number of hydrazine groups is 1. The van der Waals surface area contributed by atoms with Gasteiger partial charge in [0.25, 0.3) is 5.91 Å². The molecular formula is C11H11F3N2O3. The predicted octanol–water partition coefficient (Wildman–Crippen LogP) is 2.10. The van der Waals surface area contributed by atoms with Crippen LogP contribution in [-0.2, 0) is 10.9 Å². The Morgan fingerprint density at radius 3 is 2.21 bits per heavy atom. The van der Waals surface area contributed by atoms with E-state index in [1.165, 1.54) is 0 Å². The van der Waals surface area contributed by atoms with E-state index in [9.17, 15) is 22.8 Å². The molecular weight excluding hydrogens is 265 g/mol. The summed E-state index contributed by atoms with van der Waals surface area (Å²) in [5.41, 5.74) is 3.06.